The van der Waals surface area contributed by atoms with Crippen LogP contribution < -0.4 is 5.32 Å². The number of rotatable bonds is 3. The van der Waals surface area contributed by atoms with Crippen LogP contribution in [-0.2, 0) is 0 Å². The summed E-state index contributed by atoms with van der Waals surface area (Å²) >= 11 is 4.30. The molecule has 1 saturated carbocycles. The van der Waals surface area contributed by atoms with Crippen molar-refractivity contribution < 1.29 is 4.79 Å². The Balaban J connectivity index is 1.87. The molecule has 1 fully saturated rings. The minimum atomic E-state index is 0.00109. The van der Waals surface area contributed by atoms with Crippen LogP contribution in [0.25, 0.3) is 0 Å². The standard InChI is InChI=1S/C14H19NOS/c16-14(12-8-4-5-9-13(12)17)15-10-11-6-2-1-3-7-11/h4-5,8-9,11,17H,1-3,6-7,10H2,(H,15,16). The lowest BCUT2D eigenvalue weighted by molar-refractivity contribution is 0.0940. The molecule has 0 heterocycles. The highest BCUT2D eigenvalue weighted by atomic mass is 32.1. The van der Waals surface area contributed by atoms with Gasteiger partial charge in [-0.25, -0.2) is 0 Å². The molecule has 92 valence electrons. The fourth-order valence-corrected chi connectivity index (χ4v) is 2.65. The van der Waals surface area contributed by atoms with Gasteiger partial charge in [0.15, 0.2) is 0 Å². The van der Waals surface area contributed by atoms with E-state index >= 15 is 0 Å². The summed E-state index contributed by atoms with van der Waals surface area (Å²) in [7, 11) is 0. The average Bonchev–Trinajstić information content (AvgIpc) is 2.38. The van der Waals surface area contributed by atoms with Crippen LogP contribution in [0, 0.1) is 5.92 Å². The van der Waals surface area contributed by atoms with Crippen LogP contribution in [0.2, 0.25) is 0 Å². The highest BCUT2D eigenvalue weighted by Crippen LogP contribution is 2.23. The first-order valence-electron chi connectivity index (χ1n) is 6.33. The average molecular weight is 249 g/mol. The number of thiol groups is 1. The van der Waals surface area contributed by atoms with Crippen LogP contribution in [0.3, 0.4) is 0 Å². The first-order chi connectivity index (χ1) is 8.27. The third-order valence-electron chi connectivity index (χ3n) is 3.42. The lowest BCUT2D eigenvalue weighted by Gasteiger charge is -2.21. The second-order valence-electron chi connectivity index (χ2n) is 4.73. The van der Waals surface area contributed by atoms with Gasteiger partial charge in [-0.2, -0.15) is 0 Å². The van der Waals surface area contributed by atoms with Crippen molar-refractivity contribution in [2.75, 3.05) is 6.54 Å². The zero-order chi connectivity index (χ0) is 12.1. The second kappa shape index (κ2) is 6.10. The molecule has 0 aromatic heterocycles. The van der Waals surface area contributed by atoms with Crippen LogP contribution in [0.5, 0.6) is 0 Å². The molecule has 0 aliphatic heterocycles. The molecule has 1 aromatic rings. The lowest BCUT2D eigenvalue weighted by atomic mass is 9.89. The van der Waals surface area contributed by atoms with Gasteiger partial charge < -0.3 is 5.32 Å². The molecule has 0 atom stereocenters. The topological polar surface area (TPSA) is 29.1 Å². The van der Waals surface area contributed by atoms with Crippen LogP contribution in [-0.4, -0.2) is 12.5 Å². The molecule has 0 radical (unpaired) electrons. The molecule has 0 saturated heterocycles. The fourth-order valence-electron chi connectivity index (χ4n) is 2.39. The number of amides is 1. The second-order valence-corrected chi connectivity index (χ2v) is 5.21. The zero-order valence-corrected chi connectivity index (χ0v) is 10.9. The minimum absolute atomic E-state index is 0.00109. The van der Waals surface area contributed by atoms with E-state index in [1.54, 1.807) is 0 Å². The third-order valence-corrected chi connectivity index (χ3v) is 3.81. The summed E-state index contributed by atoms with van der Waals surface area (Å²) < 4.78 is 0. The summed E-state index contributed by atoms with van der Waals surface area (Å²) in [6.45, 7) is 0.806. The predicted octanol–water partition coefficient (Wildman–Crippen LogP) is 3.29. The van der Waals surface area contributed by atoms with Crippen molar-refractivity contribution in [2.45, 2.75) is 37.0 Å². The Morgan fingerprint density at radius 3 is 2.65 bits per heavy atom. The van der Waals surface area contributed by atoms with Crippen molar-refractivity contribution in [3.05, 3.63) is 29.8 Å². The van der Waals surface area contributed by atoms with Crippen molar-refractivity contribution in [1.82, 2.24) is 5.32 Å². The van der Waals surface area contributed by atoms with E-state index in [1.165, 1.54) is 32.1 Å². The van der Waals surface area contributed by atoms with Crippen molar-refractivity contribution in [2.24, 2.45) is 5.92 Å². The summed E-state index contributed by atoms with van der Waals surface area (Å²) in [5.74, 6) is 0.668. The van der Waals surface area contributed by atoms with Crippen LogP contribution in [0.15, 0.2) is 29.2 Å². The Bertz CT molecular complexity index is 386. The van der Waals surface area contributed by atoms with Crippen LogP contribution in [0.4, 0.5) is 0 Å². The molecule has 0 unspecified atom stereocenters. The molecule has 1 aromatic carbocycles. The maximum absolute atomic E-state index is 11.9. The number of carbonyl (C=O) groups excluding carboxylic acids is 1. The quantitative estimate of drug-likeness (QED) is 0.791. The van der Waals surface area contributed by atoms with E-state index in [4.69, 9.17) is 0 Å². The summed E-state index contributed by atoms with van der Waals surface area (Å²) in [6, 6.07) is 7.42. The number of benzene rings is 1. The van der Waals surface area contributed by atoms with Gasteiger partial charge in [0.25, 0.3) is 5.91 Å². The minimum Gasteiger partial charge on any atom is -0.352 e. The normalized spacial score (nSPS) is 16.8. The molecule has 0 bridgehead atoms. The van der Waals surface area contributed by atoms with Gasteiger partial charge in [-0.3, -0.25) is 4.79 Å². The molecule has 1 aliphatic rings. The number of hydrogen-bond acceptors (Lipinski definition) is 2. The third kappa shape index (κ3) is 3.50. The van der Waals surface area contributed by atoms with E-state index in [-0.39, 0.29) is 5.91 Å². The molecular formula is C14H19NOS. The maximum Gasteiger partial charge on any atom is 0.252 e. The lowest BCUT2D eigenvalue weighted by Crippen LogP contribution is -2.30. The summed E-state index contributed by atoms with van der Waals surface area (Å²) in [5, 5.41) is 3.02. The summed E-state index contributed by atoms with van der Waals surface area (Å²) in [5.41, 5.74) is 0.673. The predicted molar refractivity (Wildman–Crippen MR) is 72.6 cm³/mol. The van der Waals surface area contributed by atoms with E-state index in [1.807, 2.05) is 24.3 Å². The van der Waals surface area contributed by atoms with Gasteiger partial charge in [0.2, 0.25) is 0 Å². The molecule has 2 rings (SSSR count). The van der Waals surface area contributed by atoms with E-state index < -0.39 is 0 Å². The van der Waals surface area contributed by atoms with Gasteiger partial charge in [0, 0.05) is 11.4 Å². The monoisotopic (exact) mass is 249 g/mol. The smallest absolute Gasteiger partial charge is 0.252 e. The van der Waals surface area contributed by atoms with E-state index in [0.29, 0.717) is 11.5 Å². The Labute approximate surface area is 108 Å². The van der Waals surface area contributed by atoms with E-state index in [0.717, 1.165) is 11.4 Å². The number of carbonyl (C=O) groups is 1. The molecule has 3 heteroatoms. The molecule has 2 nitrogen and oxygen atoms in total. The Morgan fingerprint density at radius 1 is 1.24 bits per heavy atom. The van der Waals surface area contributed by atoms with E-state index in [2.05, 4.69) is 17.9 Å². The van der Waals surface area contributed by atoms with Gasteiger partial charge in [-0.15, -0.1) is 12.6 Å². The molecule has 17 heavy (non-hydrogen) atoms. The van der Waals surface area contributed by atoms with Gasteiger partial charge in [-0.1, -0.05) is 31.4 Å². The van der Waals surface area contributed by atoms with Crippen LogP contribution >= 0.6 is 12.6 Å². The number of nitrogens with one attached hydrogen (secondary N) is 1. The summed E-state index contributed by atoms with van der Waals surface area (Å²) in [6.07, 6.45) is 6.48. The van der Waals surface area contributed by atoms with Gasteiger partial charge in [0.05, 0.1) is 5.56 Å². The first-order valence-corrected chi connectivity index (χ1v) is 6.78. The molecule has 1 N–H and O–H groups in total. The maximum atomic E-state index is 11.9. The van der Waals surface area contributed by atoms with Gasteiger partial charge >= 0.3 is 0 Å². The fraction of sp³-hybridized carbons (Fsp3) is 0.500. The zero-order valence-electron chi connectivity index (χ0n) is 9.98. The van der Waals surface area contributed by atoms with Crippen molar-refractivity contribution in [3.63, 3.8) is 0 Å². The van der Waals surface area contributed by atoms with Crippen molar-refractivity contribution in [3.8, 4) is 0 Å². The first kappa shape index (κ1) is 12.5. The Hall–Kier alpha value is -0.960. The van der Waals surface area contributed by atoms with Crippen molar-refractivity contribution >= 4 is 18.5 Å². The molecule has 1 aliphatic carbocycles. The molecular weight excluding hydrogens is 230 g/mol. The Morgan fingerprint density at radius 2 is 1.94 bits per heavy atom. The highest BCUT2D eigenvalue weighted by Gasteiger charge is 2.15. The molecule has 1 amide bonds. The van der Waals surface area contributed by atoms with E-state index in [9.17, 15) is 4.79 Å². The van der Waals surface area contributed by atoms with Crippen LogP contribution in [0.1, 0.15) is 42.5 Å². The number of hydrogen-bond donors (Lipinski definition) is 2. The molecule has 0 spiro atoms. The van der Waals surface area contributed by atoms with Gasteiger partial charge in [0.1, 0.15) is 0 Å². The largest absolute Gasteiger partial charge is 0.352 e. The van der Waals surface area contributed by atoms with Crippen molar-refractivity contribution in [1.29, 1.82) is 0 Å². The highest BCUT2D eigenvalue weighted by molar-refractivity contribution is 7.80. The SMILES string of the molecule is O=C(NCC1CCCCC1)c1ccccc1S. The Kier molecular flexibility index (Phi) is 4.49. The summed E-state index contributed by atoms with van der Waals surface area (Å²) in [4.78, 5) is 12.7. The van der Waals surface area contributed by atoms with Gasteiger partial charge in [-0.05, 0) is 30.9 Å².